The lowest BCUT2D eigenvalue weighted by atomic mass is 9.83. The molecule has 0 saturated heterocycles. The quantitative estimate of drug-likeness (QED) is 0.140. The molecule has 1 heterocycles. The van der Waals surface area contributed by atoms with Gasteiger partial charge in [-0.3, -0.25) is 14.9 Å². The van der Waals surface area contributed by atoms with Crippen molar-refractivity contribution in [3.05, 3.63) is 98.5 Å². The third-order valence-electron chi connectivity index (χ3n) is 6.35. The van der Waals surface area contributed by atoms with Crippen molar-refractivity contribution >= 4 is 24.6 Å². The van der Waals surface area contributed by atoms with E-state index in [0.717, 1.165) is 5.56 Å². The van der Waals surface area contributed by atoms with E-state index in [1.165, 1.54) is 13.8 Å². The van der Waals surface area contributed by atoms with Crippen LogP contribution < -0.4 is 10.1 Å². The lowest BCUT2D eigenvalue weighted by Crippen LogP contribution is -2.40. The van der Waals surface area contributed by atoms with Crippen LogP contribution >= 0.6 is 12.6 Å². The third-order valence-corrected chi connectivity index (χ3v) is 6.83. The van der Waals surface area contributed by atoms with Crippen LogP contribution in [0, 0.1) is 16.0 Å². The first-order chi connectivity index (χ1) is 18.0. The highest BCUT2D eigenvalue weighted by molar-refractivity contribution is 7.81. The van der Waals surface area contributed by atoms with Crippen LogP contribution in [0.15, 0.2) is 77.3 Å². The van der Waals surface area contributed by atoms with Gasteiger partial charge in [0.25, 0.3) is 5.70 Å². The molecule has 1 N–H and O–H groups in total. The van der Waals surface area contributed by atoms with Gasteiger partial charge in [-0.2, -0.15) is 0 Å². The Bertz CT molecular complexity index is 1270. The normalized spacial score (nSPS) is 17.7. The Kier molecular flexibility index (Phi) is 9.22. The Morgan fingerprint density at radius 1 is 1.11 bits per heavy atom. The molecule has 3 rings (SSSR count). The second-order valence-corrected chi connectivity index (χ2v) is 9.98. The van der Waals surface area contributed by atoms with E-state index in [2.05, 4.69) is 17.9 Å². The number of hydrogen-bond donors (Lipinski definition) is 2. The summed E-state index contributed by atoms with van der Waals surface area (Å²) in [6, 6.07) is 16.4. The molecule has 1 aliphatic heterocycles. The fourth-order valence-electron chi connectivity index (χ4n) is 4.20. The number of dihydropyridines is 1. The summed E-state index contributed by atoms with van der Waals surface area (Å²) in [6.07, 6.45) is 0. The van der Waals surface area contributed by atoms with Gasteiger partial charge in [-0.1, -0.05) is 48.5 Å². The lowest BCUT2D eigenvalue weighted by Gasteiger charge is -2.32. The maximum Gasteiger partial charge on any atom is 0.338 e. The number of nitrogens with one attached hydrogen (secondary N) is 1. The molecule has 9 nitrogen and oxygen atoms in total. The molecule has 0 bridgehead atoms. The fraction of sp³-hybridized carbons (Fsp3) is 0.357. The Hall–Kier alpha value is -3.79. The zero-order valence-electron chi connectivity index (χ0n) is 22.0. The molecule has 0 aromatic heterocycles. The Morgan fingerprint density at radius 2 is 1.74 bits per heavy atom. The monoisotopic (exact) mass is 540 g/mol. The molecular weight excluding hydrogens is 508 g/mol. The summed E-state index contributed by atoms with van der Waals surface area (Å²) in [5, 5.41) is 15.2. The molecule has 10 heteroatoms. The number of benzene rings is 2. The van der Waals surface area contributed by atoms with Crippen molar-refractivity contribution in [1.29, 1.82) is 0 Å². The lowest BCUT2D eigenvalue weighted by molar-refractivity contribution is -0.431. The summed E-state index contributed by atoms with van der Waals surface area (Å²) < 4.78 is 16.8. The van der Waals surface area contributed by atoms with Crippen molar-refractivity contribution < 1.29 is 28.7 Å². The number of nitro groups is 1. The Morgan fingerprint density at radius 3 is 2.37 bits per heavy atom. The highest BCUT2D eigenvalue weighted by Crippen LogP contribution is 2.43. The van der Waals surface area contributed by atoms with Crippen LogP contribution in [-0.4, -0.2) is 28.4 Å². The number of hydrogen-bond acceptors (Lipinski definition) is 9. The summed E-state index contributed by atoms with van der Waals surface area (Å²) in [5.74, 6) is -3.05. The standard InChI is InChI=1S/C28H32N2O7S/c1-6-35-26(31)17(2)28(5,38)37-27(32)23-18(3)29-19(4)25(30(33)34)24(23)21-14-10-11-15-22(21)36-16-20-12-8-7-9-13-20/h7-15,17,24,29,38H,6,16H2,1-5H3. The Labute approximate surface area is 227 Å². The summed E-state index contributed by atoms with van der Waals surface area (Å²) in [5.41, 5.74) is 1.84. The van der Waals surface area contributed by atoms with Crippen LogP contribution in [0.5, 0.6) is 5.75 Å². The number of carbonyl (C=O) groups is 2. The molecule has 0 fully saturated rings. The number of allylic oxidation sites excluding steroid dienone is 3. The van der Waals surface area contributed by atoms with Crippen molar-refractivity contribution in [3.63, 3.8) is 0 Å². The van der Waals surface area contributed by atoms with Crippen LogP contribution in [-0.2, 0) is 25.7 Å². The van der Waals surface area contributed by atoms with Crippen LogP contribution in [0.4, 0.5) is 0 Å². The van der Waals surface area contributed by atoms with Gasteiger partial charge in [-0.15, -0.1) is 12.6 Å². The van der Waals surface area contributed by atoms with E-state index in [-0.39, 0.29) is 24.5 Å². The summed E-state index contributed by atoms with van der Waals surface area (Å²) in [7, 11) is 0. The Balaban J connectivity index is 2.04. The van der Waals surface area contributed by atoms with Crippen molar-refractivity contribution in [2.75, 3.05) is 6.61 Å². The van der Waals surface area contributed by atoms with E-state index in [9.17, 15) is 19.7 Å². The number of thiol groups is 1. The van der Waals surface area contributed by atoms with Gasteiger partial charge < -0.3 is 19.5 Å². The second-order valence-electron chi connectivity index (χ2n) is 9.09. The number of para-hydroxylation sites is 1. The number of carbonyl (C=O) groups excluding carboxylic acids is 2. The van der Waals surface area contributed by atoms with Gasteiger partial charge in [-0.05, 0) is 46.2 Å². The number of rotatable bonds is 10. The van der Waals surface area contributed by atoms with Crippen LogP contribution in [0.3, 0.4) is 0 Å². The first kappa shape index (κ1) is 28.8. The smallest absolute Gasteiger partial charge is 0.338 e. The van der Waals surface area contributed by atoms with E-state index in [4.69, 9.17) is 14.2 Å². The molecule has 2 aromatic rings. The number of ether oxygens (including phenoxy) is 3. The van der Waals surface area contributed by atoms with Gasteiger partial charge in [0.1, 0.15) is 24.2 Å². The molecule has 1 aliphatic rings. The molecular formula is C28H32N2O7S. The summed E-state index contributed by atoms with van der Waals surface area (Å²) in [4.78, 5) is 36.2. The predicted molar refractivity (Wildman–Crippen MR) is 145 cm³/mol. The average molecular weight is 541 g/mol. The maximum absolute atomic E-state index is 13.7. The molecule has 0 aliphatic carbocycles. The molecule has 3 atom stereocenters. The first-order valence-corrected chi connectivity index (χ1v) is 12.6. The van der Waals surface area contributed by atoms with Crippen molar-refractivity contribution in [2.24, 2.45) is 5.92 Å². The van der Waals surface area contributed by atoms with Gasteiger partial charge in [-0.25, -0.2) is 4.79 Å². The minimum atomic E-state index is -1.55. The van der Waals surface area contributed by atoms with E-state index in [1.807, 2.05) is 30.3 Å². The number of esters is 2. The zero-order valence-corrected chi connectivity index (χ0v) is 22.9. The van der Waals surface area contributed by atoms with Crippen molar-refractivity contribution in [1.82, 2.24) is 5.32 Å². The van der Waals surface area contributed by atoms with Crippen LogP contribution in [0.2, 0.25) is 0 Å². The maximum atomic E-state index is 13.7. The first-order valence-electron chi connectivity index (χ1n) is 12.2. The predicted octanol–water partition coefficient (Wildman–Crippen LogP) is 5.12. The molecule has 0 amide bonds. The molecule has 2 aromatic carbocycles. The van der Waals surface area contributed by atoms with Gasteiger partial charge in [0.15, 0.2) is 4.93 Å². The topological polar surface area (TPSA) is 117 Å². The van der Waals surface area contributed by atoms with Gasteiger partial charge >= 0.3 is 11.9 Å². The highest BCUT2D eigenvalue weighted by atomic mass is 32.1. The van der Waals surface area contributed by atoms with Gasteiger partial charge in [0.2, 0.25) is 0 Å². The highest BCUT2D eigenvalue weighted by Gasteiger charge is 2.45. The second kappa shape index (κ2) is 12.2. The average Bonchev–Trinajstić information content (AvgIpc) is 2.86. The minimum Gasteiger partial charge on any atom is -0.489 e. The molecule has 0 spiro atoms. The summed E-state index contributed by atoms with van der Waals surface area (Å²) >= 11 is 4.44. The molecule has 38 heavy (non-hydrogen) atoms. The molecule has 3 unspecified atom stereocenters. The largest absolute Gasteiger partial charge is 0.489 e. The number of nitrogens with zero attached hydrogens (tertiary/aromatic N) is 1. The van der Waals surface area contributed by atoms with E-state index in [0.29, 0.717) is 22.7 Å². The molecule has 0 radical (unpaired) electrons. The summed E-state index contributed by atoms with van der Waals surface area (Å²) in [6.45, 7) is 8.29. The minimum absolute atomic E-state index is 0.0226. The fourth-order valence-corrected chi connectivity index (χ4v) is 4.39. The van der Waals surface area contributed by atoms with E-state index in [1.54, 1.807) is 45.0 Å². The molecule has 0 saturated carbocycles. The van der Waals surface area contributed by atoms with Gasteiger partial charge in [0, 0.05) is 11.3 Å². The third kappa shape index (κ3) is 6.36. The zero-order chi connectivity index (χ0) is 28.0. The van der Waals surface area contributed by atoms with Crippen LogP contribution in [0.1, 0.15) is 51.7 Å². The van der Waals surface area contributed by atoms with E-state index < -0.39 is 33.6 Å². The van der Waals surface area contributed by atoms with Gasteiger partial charge in [0.05, 0.1) is 22.8 Å². The van der Waals surface area contributed by atoms with Crippen LogP contribution in [0.25, 0.3) is 0 Å². The molecule has 202 valence electrons. The van der Waals surface area contributed by atoms with Crippen molar-refractivity contribution in [3.8, 4) is 5.75 Å². The van der Waals surface area contributed by atoms with E-state index >= 15 is 0 Å². The van der Waals surface area contributed by atoms with Crippen molar-refractivity contribution in [2.45, 2.75) is 52.1 Å². The SMILES string of the molecule is CCOC(=O)C(C)C(C)(S)OC(=O)C1=C(C)NC(C)=C([N+](=O)[O-])C1c1ccccc1OCc1ccccc1.